The Hall–Kier alpha value is -0.650. The molecule has 0 radical (unpaired) electrons. The lowest BCUT2D eigenvalue weighted by Gasteiger charge is -2.09. The number of thioether (sulfide) groups is 1. The van der Waals surface area contributed by atoms with E-state index in [2.05, 4.69) is 5.28 Å². The van der Waals surface area contributed by atoms with Crippen LogP contribution in [0.1, 0.15) is 12.8 Å². The first-order chi connectivity index (χ1) is 5.84. The average molecular weight is 191 g/mol. The van der Waals surface area contributed by atoms with Crippen molar-refractivity contribution in [3.8, 4) is 0 Å². The van der Waals surface area contributed by atoms with Crippen molar-refractivity contribution in [2.24, 2.45) is 5.28 Å². The molecule has 0 aromatic heterocycles. The molecule has 6 heteroatoms. The molecule has 0 atom stereocenters. The highest BCUT2D eigenvalue weighted by molar-refractivity contribution is 7.98. The van der Waals surface area contributed by atoms with E-state index in [-0.39, 0.29) is 0 Å². The first kappa shape index (κ1) is 9.44. The van der Waals surface area contributed by atoms with Gasteiger partial charge >= 0.3 is 0 Å². The molecule has 1 rings (SSSR count). The highest BCUT2D eigenvalue weighted by Gasteiger charge is 2.18. The van der Waals surface area contributed by atoms with Gasteiger partial charge in [0.2, 0.25) is 5.28 Å². The Balaban J connectivity index is 2.24. The van der Waals surface area contributed by atoms with Crippen LogP contribution in [0.25, 0.3) is 0 Å². The van der Waals surface area contributed by atoms with Gasteiger partial charge < -0.3 is 10.0 Å². The van der Waals surface area contributed by atoms with Crippen molar-refractivity contribution in [3.05, 3.63) is 5.21 Å². The van der Waals surface area contributed by atoms with Gasteiger partial charge in [-0.3, -0.25) is 0 Å². The normalized spacial score (nSPS) is 18.4. The van der Waals surface area contributed by atoms with Crippen LogP contribution in [0.5, 0.6) is 0 Å². The fourth-order valence-corrected chi connectivity index (χ4v) is 1.20. The summed E-state index contributed by atoms with van der Waals surface area (Å²) in [5, 5.41) is 16.1. The van der Waals surface area contributed by atoms with E-state index in [4.69, 9.17) is 4.84 Å². The van der Waals surface area contributed by atoms with Crippen LogP contribution in [-0.2, 0) is 4.84 Å². The quantitative estimate of drug-likeness (QED) is 0.220. The molecule has 0 amide bonds. The highest BCUT2D eigenvalue weighted by atomic mass is 32.2. The van der Waals surface area contributed by atoms with Gasteiger partial charge in [0.1, 0.15) is 0 Å². The third-order valence-corrected chi connectivity index (χ3v) is 1.96. The Morgan fingerprint density at radius 2 is 2.25 bits per heavy atom. The summed E-state index contributed by atoms with van der Waals surface area (Å²) in [6.07, 6.45) is 4.02. The zero-order chi connectivity index (χ0) is 8.81. The Bertz CT molecular complexity index is 159. The smallest absolute Gasteiger partial charge is 0.234 e. The molecule has 1 aliphatic heterocycles. The Morgan fingerprint density at radius 1 is 1.58 bits per heavy atom. The van der Waals surface area contributed by atoms with E-state index in [1.54, 1.807) is 5.01 Å². The molecule has 1 saturated heterocycles. The maximum Gasteiger partial charge on any atom is 0.234 e. The summed E-state index contributed by atoms with van der Waals surface area (Å²) in [6, 6.07) is 0. The first-order valence-electron chi connectivity index (χ1n) is 3.88. The van der Waals surface area contributed by atoms with Crippen LogP contribution < -0.4 is 0 Å². The van der Waals surface area contributed by atoms with Crippen molar-refractivity contribution in [2.75, 3.05) is 25.3 Å². The highest BCUT2D eigenvalue weighted by Crippen LogP contribution is 2.07. The molecule has 5 nitrogen and oxygen atoms in total. The van der Waals surface area contributed by atoms with Gasteiger partial charge in [-0.2, -0.15) is 0 Å². The molecule has 1 heterocycles. The lowest BCUT2D eigenvalue weighted by molar-refractivity contribution is -0.706. The van der Waals surface area contributed by atoms with E-state index >= 15 is 0 Å². The van der Waals surface area contributed by atoms with Gasteiger partial charge in [-0.15, -0.1) is 16.8 Å². The first-order valence-corrected chi connectivity index (χ1v) is 5.28. The zero-order valence-corrected chi connectivity index (χ0v) is 7.92. The molecule has 0 bridgehead atoms. The van der Waals surface area contributed by atoms with E-state index in [0.29, 0.717) is 10.9 Å². The third-order valence-electron chi connectivity index (χ3n) is 1.62. The summed E-state index contributed by atoms with van der Waals surface area (Å²) < 4.78 is 0. The number of hydrogen-bond donors (Lipinski definition) is 0. The molecule has 70 valence electrons. The predicted octanol–water partition coefficient (Wildman–Crippen LogP) is 1.21. The fourth-order valence-electron chi connectivity index (χ4n) is 1.05. The minimum Gasteiger partial charge on any atom is -0.569 e. The summed E-state index contributed by atoms with van der Waals surface area (Å²) in [5.41, 5.74) is 0. The predicted molar refractivity (Wildman–Crippen MR) is 46.3 cm³/mol. The molecule has 0 aromatic carbocycles. The maximum atomic E-state index is 11.1. The van der Waals surface area contributed by atoms with Gasteiger partial charge in [0, 0.05) is 0 Å². The van der Waals surface area contributed by atoms with Crippen LogP contribution in [-0.4, -0.2) is 35.3 Å². The van der Waals surface area contributed by atoms with Crippen LogP contribution in [0.15, 0.2) is 5.28 Å². The number of nitrogens with zero attached hydrogens (tertiary/aromatic N) is 3. The molecule has 0 aromatic rings. The maximum absolute atomic E-state index is 11.1. The second kappa shape index (κ2) is 5.08. The third kappa shape index (κ3) is 2.77. The molecular weight excluding hydrogens is 178 g/mol. The number of hydrazine groups is 1. The Kier molecular flexibility index (Phi) is 3.99. The Morgan fingerprint density at radius 3 is 2.83 bits per heavy atom. The molecular formula is C6H13N3O2S. The summed E-state index contributed by atoms with van der Waals surface area (Å²) in [5.74, 6) is 0.423. The van der Waals surface area contributed by atoms with E-state index in [0.717, 1.165) is 25.9 Å². The van der Waals surface area contributed by atoms with Crippen LogP contribution in [0.4, 0.5) is 0 Å². The van der Waals surface area contributed by atoms with Gasteiger partial charge in [0.05, 0.1) is 18.1 Å². The standard InChI is InChI=1S/C6H13N3O2S/c1-12-6-11-7-9(10)8-4-2-3-5-8/h2-6H2,1H3. The van der Waals surface area contributed by atoms with Crippen LogP contribution >= 0.6 is 11.8 Å². The summed E-state index contributed by atoms with van der Waals surface area (Å²) in [6.45, 7) is 1.57. The molecule has 0 aliphatic carbocycles. The van der Waals surface area contributed by atoms with E-state index in [1.807, 2.05) is 6.26 Å². The van der Waals surface area contributed by atoms with Crippen LogP contribution in [0, 0.1) is 5.21 Å². The topological polar surface area (TPSA) is 50.9 Å². The van der Waals surface area contributed by atoms with Crippen LogP contribution in [0.3, 0.4) is 0 Å². The second-order valence-corrected chi connectivity index (χ2v) is 3.34. The van der Waals surface area contributed by atoms with E-state index in [9.17, 15) is 5.21 Å². The minimum absolute atomic E-state index is 0.423. The molecule has 0 unspecified atom stereocenters. The van der Waals surface area contributed by atoms with Gasteiger partial charge in [-0.1, -0.05) is 0 Å². The summed E-state index contributed by atoms with van der Waals surface area (Å²) in [7, 11) is 0. The van der Waals surface area contributed by atoms with Crippen molar-refractivity contribution >= 4 is 11.8 Å². The lowest BCUT2D eigenvalue weighted by atomic mass is 10.4. The monoisotopic (exact) mass is 191 g/mol. The summed E-state index contributed by atoms with van der Waals surface area (Å²) in [4.78, 5) is 5.26. The second-order valence-electron chi connectivity index (χ2n) is 2.53. The SMILES string of the molecule is CSCON=[N+]([O-])N1CCCC1. The van der Waals surface area contributed by atoms with Crippen molar-refractivity contribution in [1.29, 1.82) is 0 Å². The molecule has 12 heavy (non-hydrogen) atoms. The number of rotatable bonds is 4. The fraction of sp³-hybridized carbons (Fsp3) is 1.00. The molecule has 0 spiro atoms. The van der Waals surface area contributed by atoms with Crippen molar-refractivity contribution in [1.82, 2.24) is 5.01 Å². The van der Waals surface area contributed by atoms with Crippen LogP contribution in [0.2, 0.25) is 0 Å². The van der Waals surface area contributed by atoms with Crippen molar-refractivity contribution < 1.29 is 9.81 Å². The molecule has 1 aliphatic rings. The average Bonchev–Trinajstić information content (AvgIpc) is 2.56. The molecule has 0 saturated carbocycles. The lowest BCUT2D eigenvalue weighted by Crippen LogP contribution is -2.27. The van der Waals surface area contributed by atoms with Gasteiger partial charge in [0.25, 0.3) is 0 Å². The number of hydrogen-bond acceptors (Lipinski definition) is 4. The zero-order valence-electron chi connectivity index (χ0n) is 7.10. The summed E-state index contributed by atoms with van der Waals surface area (Å²) >= 11 is 1.49. The van der Waals surface area contributed by atoms with E-state index < -0.39 is 0 Å². The minimum atomic E-state index is 0.423. The van der Waals surface area contributed by atoms with Crippen molar-refractivity contribution in [2.45, 2.75) is 12.8 Å². The molecule has 0 N–H and O–H groups in total. The Labute approximate surface area is 75.9 Å². The molecule has 1 fully saturated rings. The van der Waals surface area contributed by atoms with Gasteiger partial charge in [-0.25, -0.2) is 0 Å². The largest absolute Gasteiger partial charge is 0.569 e. The van der Waals surface area contributed by atoms with E-state index in [1.165, 1.54) is 11.8 Å². The van der Waals surface area contributed by atoms with Gasteiger partial charge in [0.15, 0.2) is 5.94 Å². The van der Waals surface area contributed by atoms with Gasteiger partial charge in [-0.05, 0) is 19.1 Å². The van der Waals surface area contributed by atoms with Crippen molar-refractivity contribution in [3.63, 3.8) is 0 Å².